The maximum atomic E-state index is 12.3. The number of rotatable bonds is 5. The Kier molecular flexibility index (Phi) is 5.09. The van der Waals surface area contributed by atoms with E-state index in [-0.39, 0.29) is 5.56 Å². The first kappa shape index (κ1) is 19.1. The molecule has 1 N–H and O–H groups in total. The van der Waals surface area contributed by atoms with Crippen LogP contribution in [0.5, 0.6) is 0 Å². The second-order valence-electron chi connectivity index (χ2n) is 6.68. The highest BCUT2D eigenvalue weighted by molar-refractivity contribution is 5.82. The van der Waals surface area contributed by atoms with Crippen molar-refractivity contribution in [3.8, 4) is 34.0 Å². The van der Waals surface area contributed by atoms with Crippen molar-refractivity contribution in [3.05, 3.63) is 77.2 Å². The zero-order chi connectivity index (χ0) is 21.1. The topological polar surface area (TPSA) is 101 Å². The number of hydrogen-bond acceptors (Lipinski definition) is 6. The number of hydrogen-bond donors (Lipinski definition) is 1. The monoisotopic (exact) mass is 397 g/mol. The van der Waals surface area contributed by atoms with Crippen molar-refractivity contribution >= 4 is 5.95 Å². The Morgan fingerprint density at radius 1 is 1.07 bits per heavy atom. The Hall–Kier alpha value is -4.25. The molecule has 0 saturated carbocycles. The van der Waals surface area contributed by atoms with Gasteiger partial charge in [0.25, 0.3) is 5.56 Å². The lowest BCUT2D eigenvalue weighted by Gasteiger charge is -2.10. The molecule has 0 amide bonds. The first-order valence-corrected chi connectivity index (χ1v) is 9.42. The Labute approximate surface area is 173 Å². The van der Waals surface area contributed by atoms with Crippen molar-refractivity contribution < 1.29 is 0 Å². The van der Waals surface area contributed by atoms with E-state index in [0.29, 0.717) is 22.8 Å². The average Bonchev–Trinajstić information content (AvgIpc) is 3.26. The van der Waals surface area contributed by atoms with E-state index in [4.69, 9.17) is 0 Å². The molecule has 0 aliphatic carbocycles. The summed E-state index contributed by atoms with van der Waals surface area (Å²) in [4.78, 5) is 21.0. The van der Waals surface area contributed by atoms with Gasteiger partial charge in [-0.1, -0.05) is 12.1 Å². The number of aryl methyl sites for hydroxylation is 1. The molecule has 8 heteroatoms. The molecular weight excluding hydrogens is 378 g/mol. The molecule has 0 saturated heterocycles. The molecule has 3 heterocycles. The van der Waals surface area contributed by atoms with E-state index in [9.17, 15) is 10.1 Å². The number of nitriles is 1. The van der Waals surface area contributed by atoms with Gasteiger partial charge in [0.15, 0.2) is 0 Å². The lowest BCUT2D eigenvalue weighted by atomic mass is 10.0. The molecule has 4 rings (SSSR count). The van der Waals surface area contributed by atoms with Gasteiger partial charge in [0.1, 0.15) is 6.07 Å². The molecule has 30 heavy (non-hydrogen) atoms. The van der Waals surface area contributed by atoms with Crippen molar-refractivity contribution in [2.45, 2.75) is 6.92 Å². The molecule has 4 aromatic rings. The van der Waals surface area contributed by atoms with E-state index in [1.54, 1.807) is 48.6 Å². The summed E-state index contributed by atoms with van der Waals surface area (Å²) in [6.07, 6.45) is 8.71. The van der Waals surface area contributed by atoms with Crippen molar-refractivity contribution in [1.29, 1.82) is 5.26 Å². The van der Waals surface area contributed by atoms with E-state index in [2.05, 4.69) is 26.5 Å². The summed E-state index contributed by atoms with van der Waals surface area (Å²) in [6.45, 7) is 2.69. The van der Waals surface area contributed by atoms with Gasteiger partial charge in [-0.15, -0.1) is 0 Å². The van der Waals surface area contributed by atoms with Crippen LogP contribution in [0.3, 0.4) is 0 Å². The molecule has 0 aliphatic rings. The molecular formula is C22H19N7O. The van der Waals surface area contributed by atoms with Crippen molar-refractivity contribution in [2.75, 3.05) is 11.9 Å². The van der Waals surface area contributed by atoms with Crippen LogP contribution in [0.1, 0.15) is 12.5 Å². The molecule has 0 atom stereocenters. The smallest absolute Gasteiger partial charge is 0.250 e. The minimum Gasteiger partial charge on any atom is -0.355 e. The largest absolute Gasteiger partial charge is 0.355 e. The molecule has 0 radical (unpaired) electrons. The first-order chi connectivity index (χ1) is 14.6. The summed E-state index contributed by atoms with van der Waals surface area (Å²) in [5.74, 6) is 0.535. The van der Waals surface area contributed by atoms with Gasteiger partial charge in [0.2, 0.25) is 5.95 Å². The van der Waals surface area contributed by atoms with Crippen molar-refractivity contribution in [3.63, 3.8) is 0 Å². The quantitative estimate of drug-likeness (QED) is 0.555. The maximum Gasteiger partial charge on any atom is 0.250 e. The first-order valence-electron chi connectivity index (χ1n) is 9.42. The van der Waals surface area contributed by atoms with Crippen LogP contribution < -0.4 is 10.9 Å². The molecule has 0 aliphatic heterocycles. The average molecular weight is 397 g/mol. The molecule has 1 aromatic carbocycles. The van der Waals surface area contributed by atoms with Crippen LogP contribution in [0.25, 0.3) is 27.9 Å². The molecule has 8 nitrogen and oxygen atoms in total. The number of para-hydroxylation sites is 1. The van der Waals surface area contributed by atoms with Crippen LogP contribution in [-0.4, -0.2) is 30.9 Å². The van der Waals surface area contributed by atoms with Crippen LogP contribution >= 0.6 is 0 Å². The fourth-order valence-corrected chi connectivity index (χ4v) is 3.18. The lowest BCUT2D eigenvalue weighted by Crippen LogP contribution is -2.15. The second kappa shape index (κ2) is 8.01. The van der Waals surface area contributed by atoms with Gasteiger partial charge >= 0.3 is 0 Å². The van der Waals surface area contributed by atoms with Gasteiger partial charge in [-0.2, -0.15) is 10.4 Å². The Bertz CT molecular complexity index is 1300. The molecule has 0 unspecified atom stereocenters. The Morgan fingerprint density at radius 3 is 2.57 bits per heavy atom. The van der Waals surface area contributed by atoms with Gasteiger partial charge in [0, 0.05) is 61.1 Å². The predicted molar refractivity (Wildman–Crippen MR) is 114 cm³/mol. The summed E-state index contributed by atoms with van der Waals surface area (Å²) in [5.41, 5.74) is 4.16. The van der Waals surface area contributed by atoms with Gasteiger partial charge in [-0.3, -0.25) is 4.79 Å². The number of benzene rings is 1. The molecule has 0 fully saturated rings. The predicted octanol–water partition coefficient (Wildman–Crippen LogP) is 3.00. The van der Waals surface area contributed by atoms with Gasteiger partial charge in [-0.25, -0.2) is 14.6 Å². The molecule has 148 valence electrons. The standard InChI is InChI=1S/C22H19N7O/c1-3-24-22-25-10-16(11-26-22)18-8-21(30)28(2)14-19(18)17-12-27-29(13-17)20-7-5-4-6-15(20)9-23/h4-8,10-14H,3H2,1-2H3,(H,24,25,26). The summed E-state index contributed by atoms with van der Waals surface area (Å²) in [7, 11) is 1.70. The number of nitrogens with zero attached hydrogens (tertiary/aromatic N) is 6. The van der Waals surface area contributed by atoms with Gasteiger partial charge in [0.05, 0.1) is 17.4 Å². The molecule has 3 aromatic heterocycles. The van der Waals surface area contributed by atoms with Crippen LogP contribution in [0.4, 0.5) is 5.95 Å². The van der Waals surface area contributed by atoms with Crippen LogP contribution in [0, 0.1) is 11.3 Å². The highest BCUT2D eigenvalue weighted by atomic mass is 16.1. The minimum absolute atomic E-state index is 0.133. The van der Waals surface area contributed by atoms with E-state index in [0.717, 1.165) is 23.2 Å². The normalized spacial score (nSPS) is 10.6. The van der Waals surface area contributed by atoms with E-state index >= 15 is 0 Å². The fraction of sp³-hybridized carbons (Fsp3) is 0.136. The summed E-state index contributed by atoms with van der Waals surface area (Å²) < 4.78 is 3.18. The van der Waals surface area contributed by atoms with Gasteiger partial charge in [-0.05, 0) is 24.6 Å². The van der Waals surface area contributed by atoms with Gasteiger partial charge < -0.3 is 9.88 Å². The van der Waals surface area contributed by atoms with E-state index < -0.39 is 0 Å². The number of pyridine rings is 1. The fourth-order valence-electron chi connectivity index (χ4n) is 3.18. The van der Waals surface area contributed by atoms with Crippen LogP contribution in [-0.2, 0) is 7.05 Å². The third-order valence-electron chi connectivity index (χ3n) is 4.69. The van der Waals surface area contributed by atoms with Crippen molar-refractivity contribution in [1.82, 2.24) is 24.3 Å². The second-order valence-corrected chi connectivity index (χ2v) is 6.68. The summed E-state index contributed by atoms with van der Waals surface area (Å²) in [6, 6.07) is 11.0. The zero-order valence-corrected chi connectivity index (χ0v) is 16.6. The number of nitrogens with one attached hydrogen (secondary N) is 1. The Morgan fingerprint density at radius 2 is 1.83 bits per heavy atom. The Balaban J connectivity index is 1.82. The summed E-state index contributed by atoms with van der Waals surface area (Å²) in [5, 5.41) is 16.9. The minimum atomic E-state index is -0.133. The third-order valence-corrected chi connectivity index (χ3v) is 4.69. The maximum absolute atomic E-state index is 12.3. The number of aromatic nitrogens is 5. The zero-order valence-electron chi connectivity index (χ0n) is 16.6. The number of anilines is 1. The lowest BCUT2D eigenvalue weighted by molar-refractivity contribution is 0.863. The highest BCUT2D eigenvalue weighted by Gasteiger charge is 2.14. The van der Waals surface area contributed by atoms with Crippen molar-refractivity contribution in [2.24, 2.45) is 7.05 Å². The van der Waals surface area contributed by atoms with Crippen LogP contribution in [0.2, 0.25) is 0 Å². The third kappa shape index (κ3) is 3.56. The van der Waals surface area contributed by atoms with E-state index in [1.807, 2.05) is 31.3 Å². The highest BCUT2D eigenvalue weighted by Crippen LogP contribution is 2.31. The molecule has 0 spiro atoms. The molecule has 0 bridgehead atoms. The van der Waals surface area contributed by atoms with E-state index in [1.165, 1.54) is 4.57 Å². The van der Waals surface area contributed by atoms with Crippen LogP contribution in [0.15, 0.2) is 66.1 Å². The summed E-state index contributed by atoms with van der Waals surface area (Å²) >= 11 is 0. The SMILES string of the molecule is CCNc1ncc(-c2cc(=O)n(C)cc2-c2cnn(-c3ccccc3C#N)c2)cn1.